The average Bonchev–Trinajstić information content (AvgIpc) is 2.96. The SMILES string of the molecule is CCNC1COCC1C(=O)N1CCC[C@H]1CO. The lowest BCUT2D eigenvalue weighted by Gasteiger charge is -2.28. The number of likely N-dealkylation sites (N-methyl/N-ethyl adjacent to an activating group) is 1. The van der Waals surface area contributed by atoms with Gasteiger partial charge in [0.25, 0.3) is 0 Å². The van der Waals surface area contributed by atoms with Crippen molar-refractivity contribution in [3.8, 4) is 0 Å². The van der Waals surface area contributed by atoms with Gasteiger partial charge in [0.2, 0.25) is 5.91 Å². The summed E-state index contributed by atoms with van der Waals surface area (Å²) >= 11 is 0. The first-order valence-electron chi connectivity index (χ1n) is 6.50. The molecular formula is C12H22N2O3. The molecule has 2 N–H and O–H groups in total. The molecule has 2 aliphatic heterocycles. The fourth-order valence-corrected chi connectivity index (χ4v) is 2.79. The highest BCUT2D eigenvalue weighted by atomic mass is 16.5. The number of ether oxygens (including phenoxy) is 1. The maximum atomic E-state index is 12.4. The molecule has 2 rings (SSSR count). The van der Waals surface area contributed by atoms with Crippen LogP contribution in [0.2, 0.25) is 0 Å². The van der Waals surface area contributed by atoms with E-state index in [1.54, 1.807) is 0 Å². The van der Waals surface area contributed by atoms with Gasteiger partial charge in [0.15, 0.2) is 0 Å². The van der Waals surface area contributed by atoms with Crippen molar-refractivity contribution < 1.29 is 14.6 Å². The molecule has 3 atom stereocenters. The molecule has 0 aromatic carbocycles. The molecule has 2 aliphatic rings. The molecule has 2 unspecified atom stereocenters. The second kappa shape index (κ2) is 5.80. The Hall–Kier alpha value is -0.650. The average molecular weight is 242 g/mol. The van der Waals surface area contributed by atoms with Gasteiger partial charge in [0, 0.05) is 12.6 Å². The fourth-order valence-electron chi connectivity index (χ4n) is 2.79. The van der Waals surface area contributed by atoms with E-state index in [4.69, 9.17) is 4.74 Å². The minimum Gasteiger partial charge on any atom is -0.394 e. The topological polar surface area (TPSA) is 61.8 Å². The molecule has 17 heavy (non-hydrogen) atoms. The van der Waals surface area contributed by atoms with Crippen molar-refractivity contribution in [3.05, 3.63) is 0 Å². The number of nitrogens with one attached hydrogen (secondary N) is 1. The van der Waals surface area contributed by atoms with Crippen LogP contribution in [0.3, 0.4) is 0 Å². The third-order valence-corrected chi connectivity index (χ3v) is 3.73. The highest BCUT2D eigenvalue weighted by molar-refractivity contribution is 5.80. The van der Waals surface area contributed by atoms with Gasteiger partial charge in [-0.1, -0.05) is 6.92 Å². The minimum atomic E-state index is -0.0814. The Morgan fingerprint density at radius 2 is 2.35 bits per heavy atom. The number of rotatable bonds is 4. The van der Waals surface area contributed by atoms with E-state index in [-0.39, 0.29) is 30.5 Å². The Kier molecular flexibility index (Phi) is 4.36. The van der Waals surface area contributed by atoms with Gasteiger partial charge in [-0.2, -0.15) is 0 Å². The number of aliphatic hydroxyl groups is 1. The van der Waals surface area contributed by atoms with Crippen molar-refractivity contribution in [1.29, 1.82) is 0 Å². The standard InChI is InChI=1S/C12H22N2O3/c1-2-13-11-8-17-7-10(11)12(16)14-5-3-4-9(14)6-15/h9-11,13,15H,2-8H2,1H3/t9-,10?,11?/m0/s1. The molecule has 5 heteroatoms. The third kappa shape index (κ3) is 2.61. The first-order chi connectivity index (χ1) is 8.27. The molecule has 98 valence electrons. The van der Waals surface area contributed by atoms with Gasteiger partial charge in [0.05, 0.1) is 31.8 Å². The first-order valence-corrected chi connectivity index (χ1v) is 6.50. The van der Waals surface area contributed by atoms with Gasteiger partial charge in [-0.25, -0.2) is 0 Å². The van der Waals surface area contributed by atoms with Gasteiger partial charge in [-0.05, 0) is 19.4 Å². The summed E-state index contributed by atoms with van der Waals surface area (Å²) in [6.45, 7) is 4.85. The lowest BCUT2D eigenvalue weighted by Crippen LogP contribution is -2.48. The summed E-state index contributed by atoms with van der Waals surface area (Å²) in [6.07, 6.45) is 1.91. The van der Waals surface area contributed by atoms with Crippen LogP contribution in [0.15, 0.2) is 0 Å². The highest BCUT2D eigenvalue weighted by Gasteiger charge is 2.39. The molecule has 2 fully saturated rings. The summed E-state index contributed by atoms with van der Waals surface area (Å²) in [5.41, 5.74) is 0. The summed E-state index contributed by atoms with van der Waals surface area (Å²) in [5.74, 6) is 0.0621. The van der Waals surface area contributed by atoms with E-state index < -0.39 is 0 Å². The normalized spacial score (nSPS) is 33.3. The molecule has 2 heterocycles. The lowest BCUT2D eigenvalue weighted by molar-refractivity contribution is -0.137. The Morgan fingerprint density at radius 1 is 1.53 bits per heavy atom. The molecule has 0 aromatic heterocycles. The summed E-state index contributed by atoms with van der Waals surface area (Å²) in [7, 11) is 0. The third-order valence-electron chi connectivity index (χ3n) is 3.73. The van der Waals surface area contributed by atoms with E-state index in [0.29, 0.717) is 13.2 Å². The smallest absolute Gasteiger partial charge is 0.230 e. The lowest BCUT2D eigenvalue weighted by atomic mass is 10.0. The zero-order chi connectivity index (χ0) is 12.3. The van der Waals surface area contributed by atoms with Gasteiger partial charge >= 0.3 is 0 Å². The molecule has 2 saturated heterocycles. The van der Waals surface area contributed by atoms with Crippen molar-refractivity contribution in [2.45, 2.75) is 31.8 Å². The number of hydrogen-bond donors (Lipinski definition) is 2. The molecule has 1 amide bonds. The van der Waals surface area contributed by atoms with Crippen molar-refractivity contribution in [2.75, 3.05) is 32.9 Å². The van der Waals surface area contributed by atoms with Gasteiger partial charge in [0.1, 0.15) is 0 Å². The van der Waals surface area contributed by atoms with Gasteiger partial charge in [-0.3, -0.25) is 4.79 Å². The van der Waals surface area contributed by atoms with Gasteiger partial charge in [-0.15, -0.1) is 0 Å². The second-order valence-electron chi connectivity index (χ2n) is 4.82. The van der Waals surface area contributed by atoms with E-state index in [0.717, 1.165) is 25.9 Å². The molecule has 0 bridgehead atoms. The molecular weight excluding hydrogens is 220 g/mol. The zero-order valence-corrected chi connectivity index (χ0v) is 10.4. The van der Waals surface area contributed by atoms with Crippen LogP contribution >= 0.6 is 0 Å². The van der Waals surface area contributed by atoms with Crippen molar-refractivity contribution in [2.24, 2.45) is 5.92 Å². The van der Waals surface area contributed by atoms with E-state index in [9.17, 15) is 9.90 Å². The fraction of sp³-hybridized carbons (Fsp3) is 0.917. The van der Waals surface area contributed by atoms with E-state index >= 15 is 0 Å². The number of carbonyl (C=O) groups excluding carboxylic acids is 1. The van der Waals surface area contributed by atoms with Crippen LogP contribution in [0.1, 0.15) is 19.8 Å². The number of aliphatic hydroxyl groups excluding tert-OH is 1. The Bertz CT molecular complexity index is 272. The summed E-state index contributed by atoms with van der Waals surface area (Å²) < 4.78 is 5.40. The molecule has 0 aliphatic carbocycles. The Morgan fingerprint density at radius 3 is 3.06 bits per heavy atom. The van der Waals surface area contributed by atoms with Crippen LogP contribution < -0.4 is 5.32 Å². The predicted molar refractivity (Wildman–Crippen MR) is 63.6 cm³/mol. The Labute approximate surface area is 102 Å². The second-order valence-corrected chi connectivity index (χ2v) is 4.82. The predicted octanol–water partition coefficient (Wildman–Crippen LogP) is -0.406. The van der Waals surface area contributed by atoms with Crippen LogP contribution in [0, 0.1) is 5.92 Å². The molecule has 0 radical (unpaired) electrons. The summed E-state index contributed by atoms with van der Waals surface area (Å²) in [5, 5.41) is 12.6. The summed E-state index contributed by atoms with van der Waals surface area (Å²) in [6, 6.07) is 0.151. The number of nitrogens with zero attached hydrogens (tertiary/aromatic N) is 1. The number of hydrogen-bond acceptors (Lipinski definition) is 4. The van der Waals surface area contributed by atoms with E-state index in [2.05, 4.69) is 5.32 Å². The molecule has 0 spiro atoms. The van der Waals surface area contributed by atoms with Crippen LogP contribution in [0.25, 0.3) is 0 Å². The van der Waals surface area contributed by atoms with Crippen molar-refractivity contribution in [1.82, 2.24) is 10.2 Å². The molecule has 0 aromatic rings. The Balaban J connectivity index is 1.98. The number of likely N-dealkylation sites (tertiary alicyclic amines) is 1. The zero-order valence-electron chi connectivity index (χ0n) is 10.4. The van der Waals surface area contributed by atoms with Crippen LogP contribution in [0.4, 0.5) is 0 Å². The number of carbonyl (C=O) groups is 1. The largest absolute Gasteiger partial charge is 0.394 e. The van der Waals surface area contributed by atoms with Crippen LogP contribution in [-0.4, -0.2) is 60.9 Å². The molecule has 0 saturated carbocycles. The van der Waals surface area contributed by atoms with Crippen LogP contribution in [-0.2, 0) is 9.53 Å². The maximum Gasteiger partial charge on any atom is 0.230 e. The first kappa shape index (κ1) is 12.8. The summed E-state index contributed by atoms with van der Waals surface area (Å²) in [4.78, 5) is 14.2. The monoisotopic (exact) mass is 242 g/mol. The molecule has 5 nitrogen and oxygen atoms in total. The maximum absolute atomic E-state index is 12.4. The van der Waals surface area contributed by atoms with Crippen molar-refractivity contribution >= 4 is 5.91 Å². The quantitative estimate of drug-likeness (QED) is 0.704. The van der Waals surface area contributed by atoms with Crippen LogP contribution in [0.5, 0.6) is 0 Å². The number of amides is 1. The van der Waals surface area contributed by atoms with E-state index in [1.165, 1.54) is 0 Å². The van der Waals surface area contributed by atoms with Gasteiger partial charge < -0.3 is 20.1 Å². The minimum absolute atomic E-state index is 0.0189. The van der Waals surface area contributed by atoms with Crippen molar-refractivity contribution in [3.63, 3.8) is 0 Å². The highest BCUT2D eigenvalue weighted by Crippen LogP contribution is 2.23. The van der Waals surface area contributed by atoms with E-state index in [1.807, 2.05) is 11.8 Å².